The first kappa shape index (κ1) is 23.4. The molecule has 2 amide bonds. The van der Waals surface area contributed by atoms with Crippen LogP contribution in [0, 0.1) is 5.92 Å². The van der Waals surface area contributed by atoms with E-state index in [9.17, 15) is 9.59 Å². The Morgan fingerprint density at radius 2 is 2.00 bits per heavy atom. The lowest BCUT2D eigenvalue weighted by Crippen LogP contribution is -2.54. The average Bonchev–Trinajstić information content (AvgIpc) is 2.59. The van der Waals surface area contributed by atoms with Crippen molar-refractivity contribution in [1.29, 1.82) is 0 Å². The molecule has 142 valence electrons. The standard InChI is InChI=1S/C15H28N4O3.2ClH/c1-2-18-8-9-22-13(11-18)15(21)19-7-3-4-12(10-19)14(20)17-6-5-16;;/h12-13H,2-11,16H2,1H3,(H,17,20);2*1H. The molecule has 0 aromatic carbocycles. The molecule has 0 bridgehead atoms. The number of nitrogens with one attached hydrogen (secondary N) is 1. The van der Waals surface area contributed by atoms with Crippen molar-refractivity contribution < 1.29 is 14.3 Å². The number of rotatable bonds is 5. The van der Waals surface area contributed by atoms with E-state index in [-0.39, 0.29) is 48.7 Å². The minimum Gasteiger partial charge on any atom is -0.366 e. The molecule has 2 atom stereocenters. The second kappa shape index (κ2) is 11.9. The first-order valence-corrected chi connectivity index (χ1v) is 8.26. The van der Waals surface area contributed by atoms with Crippen LogP contribution in [-0.4, -0.2) is 80.1 Å². The van der Waals surface area contributed by atoms with Gasteiger partial charge in [0.1, 0.15) is 6.10 Å². The third-order valence-electron chi connectivity index (χ3n) is 4.42. The van der Waals surface area contributed by atoms with Gasteiger partial charge in [0.05, 0.1) is 12.5 Å². The highest BCUT2D eigenvalue weighted by atomic mass is 35.5. The molecule has 7 nitrogen and oxygen atoms in total. The van der Waals surface area contributed by atoms with Gasteiger partial charge in [-0.1, -0.05) is 6.92 Å². The second-order valence-corrected chi connectivity index (χ2v) is 5.96. The maximum atomic E-state index is 12.6. The Balaban J connectivity index is 0.00000264. The topological polar surface area (TPSA) is 87.9 Å². The van der Waals surface area contributed by atoms with Crippen LogP contribution in [0.2, 0.25) is 0 Å². The van der Waals surface area contributed by atoms with Gasteiger partial charge in [-0.25, -0.2) is 0 Å². The van der Waals surface area contributed by atoms with Gasteiger partial charge in [0.2, 0.25) is 5.91 Å². The number of amides is 2. The van der Waals surface area contributed by atoms with Crippen molar-refractivity contribution in [2.75, 3.05) is 52.4 Å². The van der Waals surface area contributed by atoms with Crippen LogP contribution in [-0.2, 0) is 14.3 Å². The fourth-order valence-corrected chi connectivity index (χ4v) is 3.07. The van der Waals surface area contributed by atoms with Gasteiger partial charge in [0.15, 0.2) is 0 Å². The van der Waals surface area contributed by atoms with E-state index < -0.39 is 0 Å². The number of hydrogen-bond donors (Lipinski definition) is 2. The highest BCUT2D eigenvalue weighted by molar-refractivity contribution is 5.85. The van der Waals surface area contributed by atoms with Crippen molar-refractivity contribution in [1.82, 2.24) is 15.1 Å². The van der Waals surface area contributed by atoms with Crippen molar-refractivity contribution in [2.24, 2.45) is 11.7 Å². The zero-order valence-corrected chi connectivity index (χ0v) is 15.9. The van der Waals surface area contributed by atoms with Crippen LogP contribution < -0.4 is 11.1 Å². The largest absolute Gasteiger partial charge is 0.366 e. The van der Waals surface area contributed by atoms with Gasteiger partial charge in [-0.3, -0.25) is 14.5 Å². The molecule has 2 unspecified atom stereocenters. The van der Waals surface area contributed by atoms with Crippen LogP contribution in [0.15, 0.2) is 0 Å². The molecule has 2 saturated heterocycles. The van der Waals surface area contributed by atoms with E-state index in [2.05, 4.69) is 17.1 Å². The molecule has 0 aliphatic carbocycles. The predicted octanol–water partition coefficient (Wildman–Crippen LogP) is -0.136. The maximum Gasteiger partial charge on any atom is 0.253 e. The van der Waals surface area contributed by atoms with Crippen LogP contribution in [0.25, 0.3) is 0 Å². The second-order valence-electron chi connectivity index (χ2n) is 5.96. The first-order valence-electron chi connectivity index (χ1n) is 8.26. The van der Waals surface area contributed by atoms with Crippen molar-refractivity contribution in [2.45, 2.75) is 25.9 Å². The summed E-state index contributed by atoms with van der Waals surface area (Å²) in [6, 6.07) is 0. The first-order chi connectivity index (χ1) is 10.7. The molecule has 2 aliphatic heterocycles. The summed E-state index contributed by atoms with van der Waals surface area (Å²) in [5.74, 6) is -0.104. The summed E-state index contributed by atoms with van der Waals surface area (Å²) in [5, 5.41) is 2.82. The van der Waals surface area contributed by atoms with Crippen molar-refractivity contribution in [3.63, 3.8) is 0 Å². The number of ether oxygens (including phenoxy) is 1. The molecule has 2 aliphatic rings. The summed E-state index contributed by atoms with van der Waals surface area (Å²) in [6.45, 7) is 7.26. The van der Waals surface area contributed by atoms with Gasteiger partial charge < -0.3 is 20.7 Å². The van der Waals surface area contributed by atoms with Gasteiger partial charge >= 0.3 is 0 Å². The number of halogens is 2. The number of carbonyl (C=O) groups excluding carboxylic acids is 2. The fourth-order valence-electron chi connectivity index (χ4n) is 3.07. The van der Waals surface area contributed by atoms with Crippen LogP contribution in [0.3, 0.4) is 0 Å². The average molecular weight is 385 g/mol. The summed E-state index contributed by atoms with van der Waals surface area (Å²) in [5.41, 5.74) is 5.41. The molecule has 0 saturated carbocycles. The van der Waals surface area contributed by atoms with E-state index in [0.717, 1.165) is 25.9 Å². The molecule has 9 heteroatoms. The Morgan fingerprint density at radius 3 is 2.67 bits per heavy atom. The van der Waals surface area contributed by atoms with Crippen LogP contribution in [0.5, 0.6) is 0 Å². The molecular formula is C15H30Cl2N4O3. The summed E-state index contributed by atoms with van der Waals surface area (Å²) in [4.78, 5) is 28.7. The Morgan fingerprint density at radius 1 is 1.25 bits per heavy atom. The number of carbonyl (C=O) groups is 2. The van der Waals surface area contributed by atoms with E-state index >= 15 is 0 Å². The van der Waals surface area contributed by atoms with Crippen LogP contribution in [0.4, 0.5) is 0 Å². The molecule has 2 rings (SSSR count). The van der Waals surface area contributed by atoms with E-state index in [4.69, 9.17) is 10.5 Å². The third-order valence-corrected chi connectivity index (χ3v) is 4.42. The summed E-state index contributed by atoms with van der Waals surface area (Å²) in [6.07, 6.45) is 1.29. The zero-order chi connectivity index (χ0) is 15.9. The monoisotopic (exact) mass is 384 g/mol. The number of likely N-dealkylation sites (N-methyl/N-ethyl adjacent to an activating group) is 1. The molecule has 0 radical (unpaired) electrons. The maximum absolute atomic E-state index is 12.6. The Hall–Kier alpha value is -0.600. The molecule has 3 N–H and O–H groups in total. The molecule has 0 aromatic heterocycles. The van der Waals surface area contributed by atoms with Gasteiger partial charge in [-0.15, -0.1) is 24.8 Å². The molecular weight excluding hydrogens is 355 g/mol. The number of piperidine rings is 1. The van der Waals surface area contributed by atoms with E-state index in [1.165, 1.54) is 0 Å². The summed E-state index contributed by atoms with van der Waals surface area (Å²) >= 11 is 0. The SMILES string of the molecule is CCN1CCOC(C(=O)N2CCCC(C(=O)NCCN)C2)C1.Cl.Cl. The molecule has 2 heterocycles. The smallest absolute Gasteiger partial charge is 0.253 e. The lowest BCUT2D eigenvalue weighted by Gasteiger charge is -2.37. The number of likely N-dealkylation sites (tertiary alicyclic amines) is 1. The predicted molar refractivity (Wildman–Crippen MR) is 97.7 cm³/mol. The Kier molecular flexibility index (Phi) is 11.6. The lowest BCUT2D eigenvalue weighted by molar-refractivity contribution is -0.151. The van der Waals surface area contributed by atoms with Crippen molar-refractivity contribution >= 4 is 36.6 Å². The van der Waals surface area contributed by atoms with Crippen molar-refractivity contribution in [3.05, 3.63) is 0 Å². The highest BCUT2D eigenvalue weighted by Crippen LogP contribution is 2.19. The number of nitrogens with zero attached hydrogens (tertiary/aromatic N) is 2. The zero-order valence-electron chi connectivity index (χ0n) is 14.2. The van der Waals surface area contributed by atoms with Gasteiger partial charge in [-0.05, 0) is 19.4 Å². The third kappa shape index (κ3) is 6.37. The van der Waals surface area contributed by atoms with E-state index in [0.29, 0.717) is 39.3 Å². The van der Waals surface area contributed by atoms with Gasteiger partial charge in [-0.2, -0.15) is 0 Å². The minimum atomic E-state index is -0.389. The fraction of sp³-hybridized carbons (Fsp3) is 0.867. The van der Waals surface area contributed by atoms with Gasteiger partial charge in [0, 0.05) is 39.3 Å². The normalized spacial score (nSPS) is 24.5. The molecule has 0 aromatic rings. The van der Waals surface area contributed by atoms with Gasteiger partial charge in [0.25, 0.3) is 5.91 Å². The van der Waals surface area contributed by atoms with Crippen molar-refractivity contribution in [3.8, 4) is 0 Å². The van der Waals surface area contributed by atoms with E-state index in [1.807, 2.05) is 0 Å². The Bertz CT molecular complexity index is 401. The highest BCUT2D eigenvalue weighted by Gasteiger charge is 2.34. The summed E-state index contributed by atoms with van der Waals surface area (Å²) in [7, 11) is 0. The number of hydrogen-bond acceptors (Lipinski definition) is 5. The summed E-state index contributed by atoms with van der Waals surface area (Å²) < 4.78 is 5.64. The van der Waals surface area contributed by atoms with Crippen LogP contribution >= 0.6 is 24.8 Å². The molecule has 2 fully saturated rings. The quantitative estimate of drug-likeness (QED) is 0.688. The minimum absolute atomic E-state index is 0. The lowest BCUT2D eigenvalue weighted by atomic mass is 9.96. The number of morpholine rings is 1. The van der Waals surface area contributed by atoms with E-state index in [1.54, 1.807) is 4.90 Å². The molecule has 24 heavy (non-hydrogen) atoms. The van der Waals surface area contributed by atoms with Crippen LogP contribution in [0.1, 0.15) is 19.8 Å². The Labute approximate surface area is 156 Å². The number of nitrogens with two attached hydrogens (primary N) is 1. The molecule has 0 spiro atoms.